The SMILES string of the molecule is CC1CCN(c2ccc3cccc(OCC(=O)Nc4cc(C(F)(F)F)ccc4Cl)c3n2)CC1. The smallest absolute Gasteiger partial charge is 0.416 e. The first-order valence-electron chi connectivity index (χ1n) is 10.6. The van der Waals surface area contributed by atoms with E-state index in [0.717, 1.165) is 55.3 Å². The molecule has 0 radical (unpaired) electrons. The summed E-state index contributed by atoms with van der Waals surface area (Å²) in [6.07, 6.45) is -2.33. The maximum Gasteiger partial charge on any atom is 0.416 e. The number of fused-ring (bicyclic) bond motifs is 1. The summed E-state index contributed by atoms with van der Waals surface area (Å²) in [4.78, 5) is 19.4. The topological polar surface area (TPSA) is 54.5 Å². The number of pyridine rings is 1. The molecule has 2 aromatic carbocycles. The van der Waals surface area contributed by atoms with E-state index in [9.17, 15) is 18.0 Å². The molecule has 1 aliphatic heterocycles. The molecule has 1 aromatic heterocycles. The van der Waals surface area contributed by atoms with E-state index in [1.165, 1.54) is 0 Å². The molecule has 2 heterocycles. The Morgan fingerprint density at radius 3 is 2.67 bits per heavy atom. The number of para-hydroxylation sites is 1. The highest BCUT2D eigenvalue weighted by molar-refractivity contribution is 6.33. The van der Waals surface area contributed by atoms with Crippen LogP contribution in [0.25, 0.3) is 10.9 Å². The maximum atomic E-state index is 13.0. The number of alkyl halides is 3. The van der Waals surface area contributed by atoms with Gasteiger partial charge in [0.05, 0.1) is 16.3 Å². The summed E-state index contributed by atoms with van der Waals surface area (Å²) < 4.78 is 44.5. The van der Waals surface area contributed by atoms with E-state index in [0.29, 0.717) is 17.2 Å². The highest BCUT2D eigenvalue weighted by atomic mass is 35.5. The van der Waals surface area contributed by atoms with E-state index in [1.807, 2.05) is 18.2 Å². The Bertz CT molecular complexity index is 1160. The van der Waals surface area contributed by atoms with Gasteiger partial charge in [-0.25, -0.2) is 4.98 Å². The third-order valence-corrected chi connectivity index (χ3v) is 6.03. The Morgan fingerprint density at radius 1 is 1.18 bits per heavy atom. The molecule has 3 aromatic rings. The van der Waals surface area contributed by atoms with Crippen LogP contribution in [0.5, 0.6) is 5.75 Å². The molecule has 0 aliphatic carbocycles. The Kier molecular flexibility index (Phi) is 6.65. The zero-order chi connectivity index (χ0) is 23.6. The molecule has 174 valence electrons. The number of carbonyl (C=O) groups is 1. The lowest BCUT2D eigenvalue weighted by Crippen LogP contribution is -2.33. The second-order valence-corrected chi connectivity index (χ2v) is 8.60. The molecular formula is C24H23ClF3N3O2. The summed E-state index contributed by atoms with van der Waals surface area (Å²) in [6.45, 7) is 3.71. The summed E-state index contributed by atoms with van der Waals surface area (Å²) in [5.41, 5.74) is -0.405. The van der Waals surface area contributed by atoms with Crippen LogP contribution in [0.3, 0.4) is 0 Å². The van der Waals surface area contributed by atoms with Crippen molar-refractivity contribution < 1.29 is 22.7 Å². The number of anilines is 2. The number of carbonyl (C=O) groups excluding carboxylic acids is 1. The standard InChI is InChI=1S/C24H23ClF3N3O2/c1-15-9-11-31(12-10-15)21-8-5-16-3-2-4-20(23(16)30-21)33-14-22(32)29-19-13-17(24(26,27)28)6-7-18(19)25/h2-8,13,15H,9-12,14H2,1H3,(H,29,32). The van der Waals surface area contributed by atoms with Crippen molar-refractivity contribution in [1.82, 2.24) is 4.98 Å². The summed E-state index contributed by atoms with van der Waals surface area (Å²) in [7, 11) is 0. The Hall–Kier alpha value is -3.00. The minimum Gasteiger partial charge on any atom is -0.481 e. The second-order valence-electron chi connectivity index (χ2n) is 8.20. The number of aromatic nitrogens is 1. The highest BCUT2D eigenvalue weighted by Gasteiger charge is 2.31. The van der Waals surface area contributed by atoms with Crippen LogP contribution in [0.2, 0.25) is 5.02 Å². The number of ether oxygens (including phenoxy) is 1. The van der Waals surface area contributed by atoms with Crippen LogP contribution < -0.4 is 15.0 Å². The number of amides is 1. The van der Waals surface area contributed by atoms with E-state index >= 15 is 0 Å². The van der Waals surface area contributed by atoms with Gasteiger partial charge in [0.1, 0.15) is 17.1 Å². The fourth-order valence-corrected chi connectivity index (χ4v) is 3.93. The number of halogens is 4. The summed E-state index contributed by atoms with van der Waals surface area (Å²) in [6, 6.07) is 12.1. The van der Waals surface area contributed by atoms with Crippen molar-refractivity contribution in [2.45, 2.75) is 25.9 Å². The van der Waals surface area contributed by atoms with Crippen LogP contribution in [0.4, 0.5) is 24.7 Å². The largest absolute Gasteiger partial charge is 0.481 e. The van der Waals surface area contributed by atoms with E-state index in [4.69, 9.17) is 21.3 Å². The lowest BCUT2D eigenvalue weighted by molar-refractivity contribution is -0.137. The Morgan fingerprint density at radius 2 is 1.94 bits per heavy atom. The number of rotatable bonds is 5. The Balaban J connectivity index is 1.48. The molecule has 0 bridgehead atoms. The molecule has 1 aliphatic rings. The molecule has 1 amide bonds. The van der Waals surface area contributed by atoms with E-state index in [2.05, 4.69) is 17.1 Å². The molecule has 0 unspecified atom stereocenters. The monoisotopic (exact) mass is 477 g/mol. The Labute approximate surface area is 194 Å². The minimum absolute atomic E-state index is 0.00340. The van der Waals surface area contributed by atoms with Gasteiger partial charge >= 0.3 is 6.18 Å². The lowest BCUT2D eigenvalue weighted by atomic mass is 9.99. The van der Waals surface area contributed by atoms with Gasteiger partial charge in [0.2, 0.25) is 0 Å². The number of benzene rings is 2. The normalized spacial score (nSPS) is 15.0. The summed E-state index contributed by atoms with van der Waals surface area (Å²) in [5, 5.41) is 3.25. The van der Waals surface area contributed by atoms with Crippen LogP contribution in [0, 0.1) is 5.92 Å². The third kappa shape index (κ3) is 5.50. The van der Waals surface area contributed by atoms with Gasteiger partial charge in [-0.05, 0) is 55.2 Å². The number of nitrogens with one attached hydrogen (secondary N) is 1. The van der Waals surface area contributed by atoms with Crippen molar-refractivity contribution in [3.05, 3.63) is 59.1 Å². The molecule has 0 spiro atoms. The van der Waals surface area contributed by atoms with Gasteiger partial charge in [-0.2, -0.15) is 13.2 Å². The van der Waals surface area contributed by atoms with Gasteiger partial charge in [-0.15, -0.1) is 0 Å². The zero-order valence-corrected chi connectivity index (χ0v) is 18.7. The first-order chi connectivity index (χ1) is 15.7. The van der Waals surface area contributed by atoms with Crippen molar-refractivity contribution in [1.29, 1.82) is 0 Å². The molecule has 9 heteroatoms. The van der Waals surface area contributed by atoms with Gasteiger partial charge in [-0.3, -0.25) is 4.79 Å². The average Bonchev–Trinajstić information content (AvgIpc) is 2.78. The predicted molar refractivity (Wildman–Crippen MR) is 123 cm³/mol. The highest BCUT2D eigenvalue weighted by Crippen LogP contribution is 2.34. The van der Waals surface area contributed by atoms with Gasteiger partial charge in [0.25, 0.3) is 5.91 Å². The maximum absolute atomic E-state index is 13.0. The van der Waals surface area contributed by atoms with Crippen molar-refractivity contribution >= 4 is 39.9 Å². The van der Waals surface area contributed by atoms with Crippen LogP contribution in [-0.2, 0) is 11.0 Å². The average molecular weight is 478 g/mol. The van der Waals surface area contributed by atoms with Crippen molar-refractivity contribution in [3.63, 3.8) is 0 Å². The summed E-state index contributed by atoms with van der Waals surface area (Å²) >= 11 is 5.95. The number of hydrogen-bond donors (Lipinski definition) is 1. The molecule has 0 atom stereocenters. The molecule has 1 saturated heterocycles. The van der Waals surface area contributed by atoms with Crippen molar-refractivity contribution in [2.24, 2.45) is 5.92 Å². The van der Waals surface area contributed by atoms with Crippen molar-refractivity contribution in [3.8, 4) is 5.75 Å². The van der Waals surface area contributed by atoms with Gasteiger partial charge in [0.15, 0.2) is 6.61 Å². The van der Waals surface area contributed by atoms with E-state index in [-0.39, 0.29) is 10.7 Å². The number of hydrogen-bond acceptors (Lipinski definition) is 4. The number of piperidine rings is 1. The molecule has 5 nitrogen and oxygen atoms in total. The number of nitrogens with zero attached hydrogens (tertiary/aromatic N) is 2. The first kappa shape index (κ1) is 23.2. The van der Waals surface area contributed by atoms with E-state index in [1.54, 1.807) is 12.1 Å². The van der Waals surface area contributed by atoms with Crippen molar-refractivity contribution in [2.75, 3.05) is 29.9 Å². The van der Waals surface area contributed by atoms with Gasteiger partial charge in [-0.1, -0.05) is 30.7 Å². The molecule has 1 N–H and O–H groups in total. The fraction of sp³-hybridized carbons (Fsp3) is 0.333. The molecular weight excluding hydrogens is 455 g/mol. The predicted octanol–water partition coefficient (Wildman–Crippen LogP) is 6.16. The third-order valence-electron chi connectivity index (χ3n) is 5.70. The zero-order valence-electron chi connectivity index (χ0n) is 18.0. The van der Waals surface area contributed by atoms with Crippen LogP contribution in [0.15, 0.2) is 48.5 Å². The van der Waals surface area contributed by atoms with Crippen LogP contribution in [0.1, 0.15) is 25.3 Å². The van der Waals surface area contributed by atoms with Gasteiger partial charge < -0.3 is 15.0 Å². The minimum atomic E-state index is -4.54. The molecule has 0 saturated carbocycles. The molecule has 1 fully saturated rings. The van der Waals surface area contributed by atoms with Crippen LogP contribution in [-0.4, -0.2) is 30.6 Å². The summed E-state index contributed by atoms with van der Waals surface area (Å²) in [5.74, 6) is 1.34. The quantitative estimate of drug-likeness (QED) is 0.478. The molecule has 4 rings (SSSR count). The molecule has 33 heavy (non-hydrogen) atoms. The lowest BCUT2D eigenvalue weighted by Gasteiger charge is -2.31. The first-order valence-corrected chi connectivity index (χ1v) is 11.0. The van der Waals surface area contributed by atoms with Crippen LogP contribution >= 0.6 is 11.6 Å². The second kappa shape index (κ2) is 9.47. The fourth-order valence-electron chi connectivity index (χ4n) is 3.77. The van der Waals surface area contributed by atoms with Gasteiger partial charge in [0, 0.05) is 18.5 Å². The van der Waals surface area contributed by atoms with E-state index < -0.39 is 24.3 Å².